The van der Waals surface area contributed by atoms with Gasteiger partial charge >= 0.3 is 0 Å². The highest BCUT2D eigenvalue weighted by Gasteiger charge is 2.24. The van der Waals surface area contributed by atoms with E-state index in [0.717, 1.165) is 5.69 Å². The topological polar surface area (TPSA) is 100 Å². The third-order valence-corrected chi connectivity index (χ3v) is 5.09. The van der Waals surface area contributed by atoms with Crippen LogP contribution in [0, 0.1) is 0 Å². The lowest BCUT2D eigenvalue weighted by molar-refractivity contribution is 0.0402. The average Bonchev–Trinajstić information content (AvgIpc) is 2.80. The molecule has 2 rings (SSSR count). The van der Waals surface area contributed by atoms with E-state index in [1.165, 1.54) is 0 Å². The second-order valence-electron chi connectivity index (χ2n) is 5.81. The van der Waals surface area contributed by atoms with Crippen molar-refractivity contribution < 1.29 is 13.2 Å². The lowest BCUT2D eigenvalue weighted by atomic mass is 10.0. The molecule has 8 heteroatoms. The van der Waals surface area contributed by atoms with Crippen molar-refractivity contribution in [3.63, 3.8) is 0 Å². The first-order chi connectivity index (χ1) is 9.26. The van der Waals surface area contributed by atoms with Crippen LogP contribution < -0.4 is 5.73 Å². The number of aromatic nitrogens is 3. The van der Waals surface area contributed by atoms with Crippen molar-refractivity contribution in [1.29, 1.82) is 0 Å². The number of ether oxygens (including phenoxy) is 1. The number of sulfone groups is 1. The predicted octanol–water partition coefficient (Wildman–Crippen LogP) is 0.0657. The van der Waals surface area contributed by atoms with Crippen LogP contribution in [0.15, 0.2) is 6.20 Å². The van der Waals surface area contributed by atoms with Crippen LogP contribution in [0.4, 0.5) is 0 Å². The standard InChI is InChI=1S/C12H22N4O3S/c1-12(2,13)11-9-16(15-14-11)5-6-19-10-3-7-20(17,18)8-4-10/h9-10H,3-8,13H2,1-2H3. The van der Waals surface area contributed by atoms with E-state index in [2.05, 4.69) is 10.3 Å². The molecule has 0 bridgehead atoms. The van der Waals surface area contributed by atoms with Crippen molar-refractivity contribution >= 4 is 9.84 Å². The molecule has 2 heterocycles. The molecule has 0 unspecified atom stereocenters. The molecule has 1 aliphatic heterocycles. The molecule has 1 aromatic rings. The predicted molar refractivity (Wildman–Crippen MR) is 74.9 cm³/mol. The lowest BCUT2D eigenvalue weighted by Gasteiger charge is -2.22. The van der Waals surface area contributed by atoms with E-state index >= 15 is 0 Å². The van der Waals surface area contributed by atoms with Gasteiger partial charge in [0, 0.05) is 0 Å². The van der Waals surface area contributed by atoms with Gasteiger partial charge in [-0.3, -0.25) is 0 Å². The van der Waals surface area contributed by atoms with Gasteiger partial charge in [-0.1, -0.05) is 5.21 Å². The molecular formula is C12H22N4O3S. The van der Waals surface area contributed by atoms with Crippen LogP contribution in [-0.2, 0) is 26.7 Å². The van der Waals surface area contributed by atoms with Crippen LogP contribution >= 0.6 is 0 Å². The minimum Gasteiger partial charge on any atom is -0.376 e. The molecular weight excluding hydrogens is 280 g/mol. The first kappa shape index (κ1) is 15.4. The highest BCUT2D eigenvalue weighted by molar-refractivity contribution is 7.91. The maximum atomic E-state index is 11.3. The summed E-state index contributed by atoms with van der Waals surface area (Å²) in [5.41, 5.74) is 6.17. The van der Waals surface area contributed by atoms with E-state index in [0.29, 0.717) is 26.0 Å². The Labute approximate surface area is 119 Å². The Balaban J connectivity index is 1.75. The first-order valence-corrected chi connectivity index (χ1v) is 8.60. The second kappa shape index (κ2) is 5.79. The van der Waals surface area contributed by atoms with Crippen molar-refractivity contribution in [1.82, 2.24) is 15.0 Å². The Kier molecular flexibility index (Phi) is 4.46. The van der Waals surface area contributed by atoms with E-state index < -0.39 is 15.4 Å². The van der Waals surface area contributed by atoms with E-state index in [1.54, 1.807) is 4.68 Å². The van der Waals surface area contributed by atoms with E-state index in [1.807, 2.05) is 20.0 Å². The Morgan fingerprint density at radius 2 is 2.10 bits per heavy atom. The summed E-state index contributed by atoms with van der Waals surface area (Å²) < 4.78 is 30.0. The summed E-state index contributed by atoms with van der Waals surface area (Å²) in [5.74, 6) is 0.457. The zero-order valence-electron chi connectivity index (χ0n) is 11.9. The molecule has 0 atom stereocenters. The summed E-state index contributed by atoms with van der Waals surface area (Å²) in [6.45, 7) is 4.84. The molecule has 0 spiro atoms. The molecule has 0 aliphatic carbocycles. The fourth-order valence-corrected chi connectivity index (χ4v) is 3.50. The number of hydrogen-bond acceptors (Lipinski definition) is 6. The number of rotatable bonds is 5. The molecule has 1 aromatic heterocycles. The van der Waals surface area contributed by atoms with Crippen LogP contribution in [0.5, 0.6) is 0 Å². The average molecular weight is 302 g/mol. The molecule has 1 fully saturated rings. The Hall–Kier alpha value is -0.990. The van der Waals surface area contributed by atoms with Crippen molar-refractivity contribution in [2.24, 2.45) is 5.73 Å². The van der Waals surface area contributed by atoms with Crippen molar-refractivity contribution in [2.45, 2.75) is 44.9 Å². The summed E-state index contributed by atoms with van der Waals surface area (Å²) in [6, 6.07) is 0. The van der Waals surface area contributed by atoms with Gasteiger partial charge in [0.1, 0.15) is 5.69 Å². The van der Waals surface area contributed by atoms with Gasteiger partial charge in [0.25, 0.3) is 0 Å². The molecule has 114 valence electrons. The van der Waals surface area contributed by atoms with Crippen LogP contribution in [-0.4, -0.2) is 47.6 Å². The number of nitrogens with zero attached hydrogens (tertiary/aromatic N) is 3. The molecule has 1 saturated heterocycles. The molecule has 7 nitrogen and oxygen atoms in total. The van der Waals surface area contributed by atoms with E-state index in [9.17, 15) is 8.42 Å². The highest BCUT2D eigenvalue weighted by Crippen LogP contribution is 2.16. The monoisotopic (exact) mass is 302 g/mol. The maximum absolute atomic E-state index is 11.3. The molecule has 0 aromatic carbocycles. The Morgan fingerprint density at radius 3 is 2.65 bits per heavy atom. The van der Waals surface area contributed by atoms with Crippen molar-refractivity contribution in [3.05, 3.63) is 11.9 Å². The minimum atomic E-state index is -2.83. The highest BCUT2D eigenvalue weighted by atomic mass is 32.2. The SMILES string of the molecule is CC(C)(N)c1cn(CCOC2CCS(=O)(=O)CC2)nn1. The van der Waals surface area contributed by atoms with Gasteiger partial charge in [0.05, 0.1) is 42.5 Å². The largest absolute Gasteiger partial charge is 0.376 e. The summed E-state index contributed by atoms with van der Waals surface area (Å²) in [5, 5.41) is 8.02. The van der Waals surface area contributed by atoms with Crippen LogP contribution in [0.25, 0.3) is 0 Å². The Morgan fingerprint density at radius 1 is 1.45 bits per heavy atom. The zero-order valence-corrected chi connectivity index (χ0v) is 12.8. The summed E-state index contributed by atoms with van der Waals surface area (Å²) in [7, 11) is -2.83. The Bertz CT molecular complexity index is 533. The quantitative estimate of drug-likeness (QED) is 0.826. The minimum absolute atomic E-state index is 0.0347. The van der Waals surface area contributed by atoms with Gasteiger partial charge in [0.15, 0.2) is 9.84 Å². The van der Waals surface area contributed by atoms with Gasteiger partial charge < -0.3 is 10.5 Å². The van der Waals surface area contributed by atoms with Crippen molar-refractivity contribution in [3.8, 4) is 0 Å². The van der Waals surface area contributed by atoms with Crippen LogP contribution in [0.2, 0.25) is 0 Å². The molecule has 2 N–H and O–H groups in total. The van der Waals surface area contributed by atoms with Gasteiger partial charge in [0.2, 0.25) is 0 Å². The van der Waals surface area contributed by atoms with Crippen LogP contribution in [0.1, 0.15) is 32.4 Å². The number of nitrogens with two attached hydrogens (primary N) is 1. The normalized spacial score (nSPS) is 20.1. The fraction of sp³-hybridized carbons (Fsp3) is 0.833. The lowest BCUT2D eigenvalue weighted by Crippen LogP contribution is -2.29. The summed E-state index contributed by atoms with van der Waals surface area (Å²) in [6.07, 6.45) is 3.02. The maximum Gasteiger partial charge on any atom is 0.150 e. The molecule has 0 amide bonds. The second-order valence-corrected chi connectivity index (χ2v) is 8.11. The van der Waals surface area contributed by atoms with Crippen LogP contribution in [0.3, 0.4) is 0 Å². The van der Waals surface area contributed by atoms with E-state index in [-0.39, 0.29) is 17.6 Å². The van der Waals surface area contributed by atoms with Crippen molar-refractivity contribution in [2.75, 3.05) is 18.1 Å². The molecule has 1 aliphatic rings. The van der Waals surface area contributed by atoms with Gasteiger partial charge in [-0.25, -0.2) is 13.1 Å². The fourth-order valence-electron chi connectivity index (χ4n) is 2.05. The third kappa shape index (κ3) is 4.26. The van der Waals surface area contributed by atoms with Gasteiger partial charge in [-0.2, -0.15) is 0 Å². The summed E-state index contributed by atoms with van der Waals surface area (Å²) >= 11 is 0. The molecule has 20 heavy (non-hydrogen) atoms. The zero-order chi connectivity index (χ0) is 14.8. The number of hydrogen-bond donors (Lipinski definition) is 1. The van der Waals surface area contributed by atoms with E-state index in [4.69, 9.17) is 10.5 Å². The van der Waals surface area contributed by atoms with Gasteiger partial charge in [-0.15, -0.1) is 5.10 Å². The summed E-state index contributed by atoms with van der Waals surface area (Å²) in [4.78, 5) is 0. The molecule has 0 saturated carbocycles. The molecule has 0 radical (unpaired) electrons. The third-order valence-electron chi connectivity index (χ3n) is 3.37. The van der Waals surface area contributed by atoms with Gasteiger partial charge in [-0.05, 0) is 26.7 Å². The smallest absolute Gasteiger partial charge is 0.150 e. The first-order valence-electron chi connectivity index (χ1n) is 6.78.